The van der Waals surface area contributed by atoms with Crippen molar-refractivity contribution >= 4 is 5.97 Å². The topological polar surface area (TPSA) is 86.1 Å². The summed E-state index contributed by atoms with van der Waals surface area (Å²) in [4.78, 5) is 17.7. The van der Waals surface area contributed by atoms with Crippen LogP contribution >= 0.6 is 0 Å². The largest absolute Gasteiger partial charge is 1.00 e. The van der Waals surface area contributed by atoms with E-state index in [1.165, 1.54) is 13.8 Å². The van der Waals surface area contributed by atoms with Gasteiger partial charge in [0.15, 0.2) is 5.82 Å². The van der Waals surface area contributed by atoms with Crippen LogP contribution in [0.4, 0.5) is 0 Å². The Kier molecular flexibility index (Phi) is 4.67. The summed E-state index contributed by atoms with van der Waals surface area (Å²) in [6.45, 7) is 3.03. The van der Waals surface area contributed by atoms with Crippen molar-refractivity contribution in [1.82, 2.24) is 9.97 Å². The van der Waals surface area contributed by atoms with E-state index >= 15 is 0 Å². The summed E-state index contributed by atoms with van der Waals surface area (Å²) in [5.74, 6) is -1.15. The standard InChI is InChI=1S/C8H10N2O3.Na/c1-8(2,13)7-9-3-5(4-10-7)6(11)12;/h3-4,13H,1-2H3,(H,11,12);/q;+1/p-1. The monoisotopic (exact) mass is 204 g/mol. The zero-order valence-corrected chi connectivity index (χ0v) is 10.3. The number of aliphatic hydroxyl groups is 1. The molecule has 0 bridgehead atoms. The van der Waals surface area contributed by atoms with Crippen LogP contribution in [0.3, 0.4) is 0 Å². The normalized spacial score (nSPS) is 10.5. The number of aromatic carboxylic acids is 1. The van der Waals surface area contributed by atoms with Crippen molar-refractivity contribution in [3.05, 3.63) is 23.8 Å². The Morgan fingerprint density at radius 1 is 1.43 bits per heavy atom. The minimum Gasteiger partial charge on any atom is -0.545 e. The molecule has 0 unspecified atom stereocenters. The molecule has 6 heteroatoms. The van der Waals surface area contributed by atoms with E-state index in [-0.39, 0.29) is 40.9 Å². The first-order chi connectivity index (χ1) is 5.91. The van der Waals surface area contributed by atoms with Crippen LogP contribution in [0.15, 0.2) is 12.4 Å². The number of nitrogens with zero attached hydrogens (tertiary/aromatic N) is 2. The molecule has 1 heterocycles. The average Bonchev–Trinajstić information content (AvgIpc) is 2.03. The van der Waals surface area contributed by atoms with Gasteiger partial charge in [-0.2, -0.15) is 0 Å². The second-order valence-electron chi connectivity index (χ2n) is 3.14. The summed E-state index contributed by atoms with van der Waals surface area (Å²) < 4.78 is 0. The number of aromatic nitrogens is 2. The van der Waals surface area contributed by atoms with Crippen molar-refractivity contribution < 1.29 is 44.6 Å². The van der Waals surface area contributed by atoms with Crippen molar-refractivity contribution in [2.45, 2.75) is 19.4 Å². The summed E-state index contributed by atoms with van der Waals surface area (Å²) in [6, 6.07) is 0. The van der Waals surface area contributed by atoms with Gasteiger partial charge < -0.3 is 15.0 Å². The first kappa shape index (κ1) is 13.5. The molecule has 70 valence electrons. The third kappa shape index (κ3) is 3.34. The van der Waals surface area contributed by atoms with E-state index in [4.69, 9.17) is 0 Å². The Morgan fingerprint density at radius 2 is 1.86 bits per heavy atom. The van der Waals surface area contributed by atoms with Crippen LogP contribution in [0.5, 0.6) is 0 Å². The van der Waals surface area contributed by atoms with Gasteiger partial charge in [0.1, 0.15) is 5.60 Å². The fraction of sp³-hybridized carbons (Fsp3) is 0.375. The number of carbonyl (C=O) groups is 1. The Balaban J connectivity index is 0.00000169. The minimum atomic E-state index is -1.33. The summed E-state index contributed by atoms with van der Waals surface area (Å²) in [6.07, 6.45) is 2.21. The van der Waals surface area contributed by atoms with Crippen LogP contribution in [0.25, 0.3) is 0 Å². The first-order valence-electron chi connectivity index (χ1n) is 3.67. The molecule has 0 atom stereocenters. The SMILES string of the molecule is CC(C)(O)c1ncc(C(=O)[O-])cn1.[Na+]. The van der Waals surface area contributed by atoms with Gasteiger partial charge in [-0.05, 0) is 13.8 Å². The molecule has 0 fully saturated rings. The zero-order chi connectivity index (χ0) is 10.1. The van der Waals surface area contributed by atoms with E-state index in [2.05, 4.69) is 9.97 Å². The van der Waals surface area contributed by atoms with Gasteiger partial charge in [0, 0.05) is 18.0 Å². The zero-order valence-electron chi connectivity index (χ0n) is 8.31. The smallest absolute Gasteiger partial charge is 0.545 e. The molecule has 0 aliphatic rings. The average molecular weight is 204 g/mol. The Morgan fingerprint density at radius 3 is 2.14 bits per heavy atom. The van der Waals surface area contributed by atoms with Crippen LogP contribution in [0.1, 0.15) is 30.0 Å². The Hall–Kier alpha value is -0.490. The van der Waals surface area contributed by atoms with Crippen molar-refractivity contribution in [2.24, 2.45) is 0 Å². The molecule has 1 aromatic rings. The van der Waals surface area contributed by atoms with E-state index in [0.29, 0.717) is 0 Å². The van der Waals surface area contributed by atoms with Gasteiger partial charge in [-0.1, -0.05) is 0 Å². The van der Waals surface area contributed by atoms with Crippen molar-refractivity contribution in [2.75, 3.05) is 0 Å². The van der Waals surface area contributed by atoms with E-state index in [9.17, 15) is 15.0 Å². The van der Waals surface area contributed by atoms with E-state index in [0.717, 1.165) is 12.4 Å². The molecule has 0 aliphatic heterocycles. The van der Waals surface area contributed by atoms with Gasteiger partial charge in [0.25, 0.3) is 0 Å². The second kappa shape index (κ2) is 4.84. The van der Waals surface area contributed by atoms with Gasteiger partial charge >= 0.3 is 29.6 Å². The van der Waals surface area contributed by atoms with E-state index in [1.807, 2.05) is 0 Å². The number of carboxylic acid groups (broad SMARTS) is 1. The fourth-order valence-electron chi connectivity index (χ4n) is 0.749. The molecule has 0 amide bonds. The van der Waals surface area contributed by atoms with Gasteiger partial charge in [0.05, 0.1) is 5.97 Å². The molecule has 0 spiro atoms. The quantitative estimate of drug-likeness (QED) is 0.497. The number of carbonyl (C=O) groups excluding carboxylic acids is 1. The van der Waals surface area contributed by atoms with Crippen LogP contribution < -0.4 is 34.7 Å². The molecule has 0 aromatic carbocycles. The van der Waals surface area contributed by atoms with Crippen molar-refractivity contribution in [3.8, 4) is 0 Å². The third-order valence-corrected chi connectivity index (χ3v) is 1.43. The molecule has 0 saturated heterocycles. The third-order valence-electron chi connectivity index (χ3n) is 1.43. The van der Waals surface area contributed by atoms with Gasteiger partial charge in [-0.25, -0.2) is 9.97 Å². The Bertz CT molecular complexity index is 318. The molecule has 1 aromatic heterocycles. The molecular formula is C8H9N2NaO3. The number of rotatable bonds is 2. The maximum atomic E-state index is 10.3. The molecule has 5 nitrogen and oxygen atoms in total. The van der Waals surface area contributed by atoms with E-state index in [1.54, 1.807) is 0 Å². The predicted octanol–water partition coefficient (Wildman–Crippen LogP) is -3.93. The molecule has 0 radical (unpaired) electrons. The maximum Gasteiger partial charge on any atom is 1.00 e. The molecule has 14 heavy (non-hydrogen) atoms. The van der Waals surface area contributed by atoms with Gasteiger partial charge in [0.2, 0.25) is 0 Å². The molecule has 1 N–H and O–H groups in total. The fourth-order valence-corrected chi connectivity index (χ4v) is 0.749. The van der Waals surface area contributed by atoms with Gasteiger partial charge in [-0.3, -0.25) is 0 Å². The molecular weight excluding hydrogens is 195 g/mol. The first-order valence-corrected chi connectivity index (χ1v) is 3.67. The minimum absolute atomic E-state index is 0. The van der Waals surface area contributed by atoms with Crippen LogP contribution in [0.2, 0.25) is 0 Å². The summed E-state index contributed by atoms with van der Waals surface area (Å²) >= 11 is 0. The molecule has 0 aliphatic carbocycles. The van der Waals surface area contributed by atoms with Crippen molar-refractivity contribution in [1.29, 1.82) is 0 Å². The predicted molar refractivity (Wildman–Crippen MR) is 41.6 cm³/mol. The maximum absolute atomic E-state index is 10.3. The van der Waals surface area contributed by atoms with Crippen LogP contribution in [-0.2, 0) is 5.60 Å². The number of carboxylic acids is 1. The molecule has 1 rings (SSSR count). The number of hydrogen-bond donors (Lipinski definition) is 1. The second-order valence-corrected chi connectivity index (χ2v) is 3.14. The molecule has 0 saturated carbocycles. The van der Waals surface area contributed by atoms with Gasteiger partial charge in [-0.15, -0.1) is 0 Å². The Labute approximate surface area is 103 Å². The van der Waals surface area contributed by atoms with Crippen LogP contribution in [0, 0.1) is 0 Å². The summed E-state index contributed by atoms with van der Waals surface area (Å²) in [7, 11) is 0. The van der Waals surface area contributed by atoms with E-state index < -0.39 is 11.6 Å². The van der Waals surface area contributed by atoms with Crippen LogP contribution in [-0.4, -0.2) is 21.0 Å². The van der Waals surface area contributed by atoms with Crippen molar-refractivity contribution in [3.63, 3.8) is 0 Å². The number of hydrogen-bond acceptors (Lipinski definition) is 5. The summed E-state index contributed by atoms with van der Waals surface area (Å²) in [5, 5.41) is 19.7. The summed E-state index contributed by atoms with van der Waals surface area (Å²) in [5.41, 5.74) is -1.27.